The summed E-state index contributed by atoms with van der Waals surface area (Å²) in [5.41, 5.74) is 0. The third-order valence-corrected chi connectivity index (χ3v) is 1.60. The highest BCUT2D eigenvalue weighted by molar-refractivity contribution is 7.89. The second-order valence-electron chi connectivity index (χ2n) is 1.29. The summed E-state index contributed by atoms with van der Waals surface area (Å²) in [6.45, 7) is 1.45. The van der Waals surface area contributed by atoms with Crippen LogP contribution >= 0.6 is 0 Å². The summed E-state index contributed by atoms with van der Waals surface area (Å²) in [4.78, 5) is 0. The molecule has 0 spiro atoms. The van der Waals surface area contributed by atoms with Crippen molar-refractivity contribution in [2.24, 2.45) is 0 Å². The van der Waals surface area contributed by atoms with Gasteiger partial charge in [0.15, 0.2) is 0 Å². The number of methoxy groups -OCH3 is 1. The Morgan fingerprint density at radius 1 is 1.67 bits per heavy atom. The molecule has 0 radical (unpaired) electrons. The molecule has 0 fully saturated rings. The lowest BCUT2D eigenvalue weighted by atomic mass is 10.7. The second-order valence-corrected chi connectivity index (χ2v) is 2.64. The molecule has 0 saturated heterocycles. The zero-order valence-electron chi connectivity index (χ0n) is 5.16. The van der Waals surface area contributed by atoms with Crippen molar-refractivity contribution in [1.82, 2.24) is 0 Å². The highest BCUT2D eigenvalue weighted by Crippen LogP contribution is 2.02. The van der Waals surface area contributed by atoms with Crippen LogP contribution in [0.15, 0.2) is 11.2 Å². The van der Waals surface area contributed by atoms with Crippen LogP contribution in [0.5, 0.6) is 0 Å². The Morgan fingerprint density at radius 3 is 2.11 bits per heavy atom. The van der Waals surface area contributed by atoms with Gasteiger partial charge >= 0.3 is 10.1 Å². The van der Waals surface area contributed by atoms with E-state index < -0.39 is 15.2 Å². The molecule has 5 heteroatoms. The minimum Gasteiger partial charge on any atom is -0.485 e. The van der Waals surface area contributed by atoms with Gasteiger partial charge in [-0.1, -0.05) is 0 Å². The number of hydrogen-bond acceptors (Lipinski definition) is 3. The van der Waals surface area contributed by atoms with Gasteiger partial charge in [-0.25, -0.2) is 0 Å². The van der Waals surface area contributed by atoms with Gasteiger partial charge in [0.1, 0.15) is 0 Å². The van der Waals surface area contributed by atoms with Crippen molar-refractivity contribution in [2.45, 2.75) is 6.92 Å². The number of allylic oxidation sites excluding steroid dienone is 1. The Morgan fingerprint density at radius 2 is 2.11 bits per heavy atom. The molecule has 0 heterocycles. The van der Waals surface area contributed by atoms with Crippen molar-refractivity contribution in [2.75, 3.05) is 7.11 Å². The SMILES string of the molecule is CC=C(OC)S(=O)(=O)O. The van der Waals surface area contributed by atoms with Crippen LogP contribution in [0.25, 0.3) is 0 Å². The lowest BCUT2D eigenvalue weighted by molar-refractivity contribution is 0.306. The highest BCUT2D eigenvalue weighted by atomic mass is 32.2. The van der Waals surface area contributed by atoms with Crippen molar-refractivity contribution < 1.29 is 17.7 Å². The van der Waals surface area contributed by atoms with Crippen LogP contribution in [0.3, 0.4) is 0 Å². The third kappa shape index (κ3) is 2.48. The van der Waals surface area contributed by atoms with Gasteiger partial charge in [0.05, 0.1) is 7.11 Å². The van der Waals surface area contributed by atoms with Gasteiger partial charge in [-0.15, -0.1) is 0 Å². The van der Waals surface area contributed by atoms with Crippen molar-refractivity contribution >= 4 is 10.1 Å². The molecule has 0 bridgehead atoms. The van der Waals surface area contributed by atoms with E-state index in [1.807, 2.05) is 0 Å². The Labute approximate surface area is 53.9 Å². The van der Waals surface area contributed by atoms with E-state index >= 15 is 0 Å². The van der Waals surface area contributed by atoms with E-state index in [1.165, 1.54) is 14.0 Å². The average molecular weight is 152 g/mol. The Kier molecular flexibility index (Phi) is 2.66. The van der Waals surface area contributed by atoms with Crippen molar-refractivity contribution in [3.63, 3.8) is 0 Å². The minimum absolute atomic E-state index is 0.428. The normalized spacial score (nSPS) is 13.4. The van der Waals surface area contributed by atoms with E-state index in [0.29, 0.717) is 0 Å². The van der Waals surface area contributed by atoms with Gasteiger partial charge in [-0.3, -0.25) is 4.55 Å². The first-order valence-electron chi connectivity index (χ1n) is 2.20. The average Bonchev–Trinajstić information content (AvgIpc) is 1.65. The van der Waals surface area contributed by atoms with Crippen LogP contribution in [0.4, 0.5) is 0 Å². The van der Waals surface area contributed by atoms with E-state index in [-0.39, 0.29) is 0 Å². The molecule has 0 amide bonds. The molecular formula is C4H8O4S. The molecule has 54 valence electrons. The summed E-state index contributed by atoms with van der Waals surface area (Å²) < 4.78 is 32.9. The quantitative estimate of drug-likeness (QED) is 0.459. The summed E-state index contributed by atoms with van der Waals surface area (Å²) in [7, 11) is -2.96. The van der Waals surface area contributed by atoms with Gasteiger partial charge < -0.3 is 4.74 Å². The van der Waals surface area contributed by atoms with Gasteiger partial charge in [-0.05, 0) is 13.0 Å². The topological polar surface area (TPSA) is 63.6 Å². The zero-order valence-corrected chi connectivity index (χ0v) is 5.97. The number of hydrogen-bond donors (Lipinski definition) is 1. The fourth-order valence-electron chi connectivity index (χ4n) is 0.372. The first-order valence-corrected chi connectivity index (χ1v) is 3.64. The maximum Gasteiger partial charge on any atom is 0.327 e. The van der Waals surface area contributed by atoms with E-state index in [1.54, 1.807) is 0 Å². The Hall–Kier alpha value is -0.550. The molecule has 0 aliphatic carbocycles. The summed E-state index contributed by atoms with van der Waals surface area (Å²) in [5, 5.41) is -0.428. The zero-order chi connectivity index (χ0) is 7.49. The molecular weight excluding hydrogens is 144 g/mol. The van der Waals surface area contributed by atoms with Crippen molar-refractivity contribution in [3.05, 3.63) is 11.2 Å². The van der Waals surface area contributed by atoms with Crippen LogP contribution in [0, 0.1) is 0 Å². The molecule has 0 atom stereocenters. The smallest absolute Gasteiger partial charge is 0.327 e. The van der Waals surface area contributed by atoms with E-state index in [2.05, 4.69) is 4.74 Å². The molecule has 0 aliphatic rings. The van der Waals surface area contributed by atoms with Crippen LogP contribution in [0.1, 0.15) is 6.92 Å². The summed E-state index contributed by atoms with van der Waals surface area (Å²) in [6, 6.07) is 0. The fraction of sp³-hybridized carbons (Fsp3) is 0.500. The number of ether oxygens (including phenoxy) is 1. The molecule has 0 unspecified atom stereocenters. The minimum atomic E-state index is -4.13. The van der Waals surface area contributed by atoms with Gasteiger partial charge in [0.2, 0.25) is 5.09 Å². The molecule has 1 N–H and O–H groups in total. The third-order valence-electron chi connectivity index (χ3n) is 0.691. The monoisotopic (exact) mass is 152 g/mol. The van der Waals surface area contributed by atoms with Gasteiger partial charge in [0, 0.05) is 0 Å². The standard InChI is InChI=1S/C4H8O4S/c1-3-4(8-2)9(5,6)7/h3H,1-2H3,(H,5,6,7). The molecule has 0 aromatic heterocycles. The lowest BCUT2D eigenvalue weighted by Gasteiger charge is -1.98. The summed E-state index contributed by atoms with van der Waals surface area (Å²) >= 11 is 0. The fourth-order valence-corrected chi connectivity index (χ4v) is 0.881. The first kappa shape index (κ1) is 8.45. The Bertz CT molecular complexity index is 201. The summed E-state index contributed by atoms with van der Waals surface area (Å²) in [6.07, 6.45) is 1.16. The van der Waals surface area contributed by atoms with E-state index in [0.717, 1.165) is 6.08 Å². The van der Waals surface area contributed by atoms with Crippen LogP contribution in [-0.2, 0) is 14.9 Å². The van der Waals surface area contributed by atoms with Crippen LogP contribution < -0.4 is 0 Å². The summed E-state index contributed by atoms with van der Waals surface area (Å²) in [5.74, 6) is 0. The maximum absolute atomic E-state index is 10.2. The highest BCUT2D eigenvalue weighted by Gasteiger charge is 2.10. The molecule has 0 aliphatic heterocycles. The van der Waals surface area contributed by atoms with Crippen LogP contribution in [0.2, 0.25) is 0 Å². The van der Waals surface area contributed by atoms with E-state index in [4.69, 9.17) is 4.55 Å². The number of rotatable bonds is 2. The molecule has 0 aromatic carbocycles. The lowest BCUT2D eigenvalue weighted by Crippen LogP contribution is -2.02. The predicted octanol–water partition coefficient (Wildman–Crippen LogP) is 0.382. The second kappa shape index (κ2) is 2.84. The molecule has 0 aromatic rings. The maximum atomic E-state index is 10.2. The predicted molar refractivity (Wildman–Crippen MR) is 32.3 cm³/mol. The van der Waals surface area contributed by atoms with Crippen LogP contribution in [-0.4, -0.2) is 20.1 Å². The molecule has 0 saturated carbocycles. The first-order chi connectivity index (χ1) is 4.02. The van der Waals surface area contributed by atoms with Gasteiger partial charge in [-0.2, -0.15) is 8.42 Å². The molecule has 0 rings (SSSR count). The van der Waals surface area contributed by atoms with Crippen molar-refractivity contribution in [1.29, 1.82) is 0 Å². The Balaban J connectivity index is 4.56. The van der Waals surface area contributed by atoms with Crippen molar-refractivity contribution in [3.8, 4) is 0 Å². The van der Waals surface area contributed by atoms with Gasteiger partial charge in [0.25, 0.3) is 0 Å². The largest absolute Gasteiger partial charge is 0.485 e. The van der Waals surface area contributed by atoms with E-state index in [9.17, 15) is 8.42 Å². The molecule has 4 nitrogen and oxygen atoms in total. The molecule has 9 heavy (non-hydrogen) atoms.